The maximum absolute atomic E-state index is 11.3. The summed E-state index contributed by atoms with van der Waals surface area (Å²) in [5.74, 6) is -3.41. The van der Waals surface area contributed by atoms with Crippen LogP contribution in [-0.4, -0.2) is 79.3 Å². The van der Waals surface area contributed by atoms with Crippen LogP contribution in [-0.2, 0) is 14.4 Å². The number of rotatable bonds is 13. The summed E-state index contributed by atoms with van der Waals surface area (Å²) >= 11 is 0. The molecule has 9 nitrogen and oxygen atoms in total. The molecule has 9 heteroatoms. The number of carboxylic acid groups (broad SMARTS) is 3. The lowest BCUT2D eigenvalue weighted by molar-refractivity contribution is -0.150. The van der Waals surface area contributed by atoms with E-state index in [1.54, 1.807) is 0 Å². The molecular formula is C17H30N2O7. The first-order valence-corrected chi connectivity index (χ1v) is 8.62. The number of hydrogen-bond donors (Lipinski definition) is 4. The van der Waals surface area contributed by atoms with E-state index < -0.39 is 36.0 Å². The molecule has 150 valence electrons. The van der Waals surface area contributed by atoms with Crippen molar-refractivity contribution in [1.29, 1.82) is 0 Å². The van der Waals surface area contributed by atoms with Gasteiger partial charge in [0.25, 0.3) is 0 Å². The van der Waals surface area contributed by atoms with Crippen LogP contribution < -0.4 is 0 Å². The highest BCUT2D eigenvalue weighted by molar-refractivity contribution is 5.77. The molecule has 3 atom stereocenters. The lowest BCUT2D eigenvalue weighted by Gasteiger charge is -2.33. The summed E-state index contributed by atoms with van der Waals surface area (Å²) < 4.78 is 0. The van der Waals surface area contributed by atoms with E-state index in [1.165, 1.54) is 36.8 Å². The maximum Gasteiger partial charge on any atom is 0.326 e. The summed E-state index contributed by atoms with van der Waals surface area (Å²) in [7, 11) is 0. The monoisotopic (exact) mass is 374 g/mol. The molecular weight excluding hydrogens is 344 g/mol. The molecule has 26 heavy (non-hydrogen) atoms. The standard InChI is InChI=1S/C17H30N2O7/c1-5-6-7-14(20)10-18(11(2)15(21)22)8-9-19(12(3)16(23)24)13(4)17(25)26/h10-13,20H,5-9H2,1-4H3,(H,21,22)(H,23,24)(H,25,26)/b14-10-. The first kappa shape index (κ1) is 23.7. The highest BCUT2D eigenvalue weighted by atomic mass is 16.4. The van der Waals surface area contributed by atoms with Crippen molar-refractivity contribution in [2.75, 3.05) is 13.1 Å². The number of aliphatic hydroxyl groups is 1. The summed E-state index contributed by atoms with van der Waals surface area (Å²) in [5, 5.41) is 37.6. The summed E-state index contributed by atoms with van der Waals surface area (Å²) in [6.07, 6.45) is 3.35. The predicted octanol–water partition coefficient (Wildman–Crippen LogP) is 1.60. The predicted molar refractivity (Wildman–Crippen MR) is 94.9 cm³/mol. The second kappa shape index (κ2) is 11.3. The van der Waals surface area contributed by atoms with Gasteiger partial charge in [-0.05, 0) is 27.2 Å². The number of hydrogen-bond acceptors (Lipinski definition) is 6. The molecule has 0 aromatic rings. The van der Waals surface area contributed by atoms with E-state index in [-0.39, 0.29) is 18.8 Å². The highest BCUT2D eigenvalue weighted by Crippen LogP contribution is 2.12. The summed E-state index contributed by atoms with van der Waals surface area (Å²) in [6, 6.07) is -3.07. The van der Waals surface area contributed by atoms with E-state index in [0.29, 0.717) is 6.42 Å². The summed E-state index contributed by atoms with van der Waals surface area (Å²) in [6.45, 7) is 6.22. The Bertz CT molecular complexity index is 501. The van der Waals surface area contributed by atoms with Gasteiger partial charge < -0.3 is 25.3 Å². The third kappa shape index (κ3) is 7.73. The molecule has 0 heterocycles. The van der Waals surface area contributed by atoms with E-state index in [9.17, 15) is 34.8 Å². The lowest BCUT2D eigenvalue weighted by atomic mass is 10.2. The van der Waals surface area contributed by atoms with Crippen LogP contribution in [0.25, 0.3) is 0 Å². The molecule has 0 saturated heterocycles. The molecule has 0 aromatic heterocycles. The molecule has 4 N–H and O–H groups in total. The quantitative estimate of drug-likeness (QED) is 0.354. The van der Waals surface area contributed by atoms with E-state index in [2.05, 4.69) is 0 Å². The Morgan fingerprint density at radius 2 is 1.31 bits per heavy atom. The van der Waals surface area contributed by atoms with E-state index in [4.69, 9.17) is 0 Å². The smallest absolute Gasteiger partial charge is 0.326 e. The van der Waals surface area contributed by atoms with Crippen LogP contribution in [0.15, 0.2) is 12.0 Å². The van der Waals surface area contributed by atoms with E-state index in [0.717, 1.165) is 12.8 Å². The normalized spacial score (nSPS) is 15.3. The van der Waals surface area contributed by atoms with Gasteiger partial charge in [-0.2, -0.15) is 0 Å². The van der Waals surface area contributed by atoms with Crippen LogP contribution in [0.4, 0.5) is 0 Å². The van der Waals surface area contributed by atoms with Crippen molar-refractivity contribution in [2.24, 2.45) is 0 Å². The van der Waals surface area contributed by atoms with E-state index in [1.807, 2.05) is 6.92 Å². The van der Waals surface area contributed by atoms with Crippen LogP contribution >= 0.6 is 0 Å². The molecule has 0 fully saturated rings. The van der Waals surface area contributed by atoms with Crippen molar-refractivity contribution in [3.05, 3.63) is 12.0 Å². The van der Waals surface area contributed by atoms with Crippen LogP contribution in [0, 0.1) is 0 Å². The van der Waals surface area contributed by atoms with Gasteiger partial charge in [0, 0.05) is 25.7 Å². The van der Waals surface area contributed by atoms with E-state index >= 15 is 0 Å². The number of unbranched alkanes of at least 4 members (excludes halogenated alkanes) is 1. The second-order valence-corrected chi connectivity index (χ2v) is 6.24. The van der Waals surface area contributed by atoms with Crippen molar-refractivity contribution in [2.45, 2.75) is 65.1 Å². The number of carboxylic acids is 3. The van der Waals surface area contributed by atoms with Crippen molar-refractivity contribution < 1.29 is 34.8 Å². The fourth-order valence-corrected chi connectivity index (χ4v) is 2.36. The van der Waals surface area contributed by atoms with Gasteiger partial charge in [0.15, 0.2) is 0 Å². The van der Waals surface area contributed by atoms with Gasteiger partial charge in [-0.25, -0.2) is 4.79 Å². The molecule has 3 unspecified atom stereocenters. The largest absolute Gasteiger partial charge is 0.511 e. The SMILES string of the molecule is CCCC/C(O)=C/N(CCN(C(C)C(=O)O)C(C)C(=O)O)C(C)C(=O)O. The minimum Gasteiger partial charge on any atom is -0.511 e. The summed E-state index contributed by atoms with van der Waals surface area (Å²) in [5.41, 5.74) is 0. The average molecular weight is 374 g/mol. The van der Waals surface area contributed by atoms with Crippen molar-refractivity contribution in [3.63, 3.8) is 0 Å². The molecule has 0 bridgehead atoms. The molecule has 0 aliphatic carbocycles. The zero-order chi connectivity index (χ0) is 20.4. The molecule has 0 rings (SSSR count). The Kier molecular flexibility index (Phi) is 10.3. The molecule has 0 saturated carbocycles. The molecule has 0 aliphatic heterocycles. The molecule has 0 aliphatic rings. The zero-order valence-corrected chi connectivity index (χ0v) is 15.8. The third-order valence-electron chi connectivity index (χ3n) is 4.28. The van der Waals surface area contributed by atoms with Crippen LogP contribution in [0.5, 0.6) is 0 Å². The molecule has 0 aromatic carbocycles. The van der Waals surface area contributed by atoms with Crippen LogP contribution in [0.1, 0.15) is 47.0 Å². The number of aliphatic carboxylic acids is 3. The number of carbonyl (C=O) groups is 3. The Hall–Kier alpha value is -2.29. The second-order valence-electron chi connectivity index (χ2n) is 6.24. The summed E-state index contributed by atoms with van der Waals surface area (Å²) in [4.78, 5) is 36.5. The minimum atomic E-state index is -1.17. The third-order valence-corrected chi connectivity index (χ3v) is 4.28. The Morgan fingerprint density at radius 1 is 0.846 bits per heavy atom. The van der Waals surface area contributed by atoms with Gasteiger partial charge in [-0.1, -0.05) is 13.3 Å². The first-order chi connectivity index (χ1) is 12.0. The van der Waals surface area contributed by atoms with Gasteiger partial charge in [-0.15, -0.1) is 0 Å². The van der Waals surface area contributed by atoms with Gasteiger partial charge in [0.05, 0.1) is 0 Å². The van der Waals surface area contributed by atoms with Crippen molar-refractivity contribution in [3.8, 4) is 0 Å². The van der Waals surface area contributed by atoms with Crippen LogP contribution in [0.3, 0.4) is 0 Å². The number of allylic oxidation sites excluding steroid dienone is 1. The van der Waals surface area contributed by atoms with Gasteiger partial charge in [0.2, 0.25) is 0 Å². The van der Waals surface area contributed by atoms with Gasteiger partial charge in [-0.3, -0.25) is 14.5 Å². The van der Waals surface area contributed by atoms with Gasteiger partial charge in [0.1, 0.15) is 23.9 Å². The Labute approximate surface area is 153 Å². The zero-order valence-electron chi connectivity index (χ0n) is 15.8. The van der Waals surface area contributed by atoms with Crippen molar-refractivity contribution >= 4 is 17.9 Å². The fourth-order valence-electron chi connectivity index (χ4n) is 2.36. The molecule has 0 amide bonds. The van der Waals surface area contributed by atoms with Crippen LogP contribution in [0.2, 0.25) is 0 Å². The molecule has 0 radical (unpaired) electrons. The minimum absolute atomic E-state index is 0.0100. The lowest BCUT2D eigenvalue weighted by Crippen LogP contribution is -2.51. The fraction of sp³-hybridized carbons (Fsp3) is 0.706. The topological polar surface area (TPSA) is 139 Å². The van der Waals surface area contributed by atoms with Crippen molar-refractivity contribution in [1.82, 2.24) is 9.80 Å². The molecule has 0 spiro atoms. The average Bonchev–Trinajstić information content (AvgIpc) is 2.57. The number of aliphatic hydroxyl groups excluding tert-OH is 1. The Balaban J connectivity index is 5.35. The Morgan fingerprint density at radius 3 is 1.69 bits per heavy atom. The number of nitrogens with zero attached hydrogens (tertiary/aromatic N) is 2. The first-order valence-electron chi connectivity index (χ1n) is 8.62. The van der Waals surface area contributed by atoms with Gasteiger partial charge >= 0.3 is 17.9 Å². The highest BCUT2D eigenvalue weighted by Gasteiger charge is 2.30. The maximum atomic E-state index is 11.3.